The molecule has 0 spiro atoms. The lowest BCUT2D eigenvalue weighted by Crippen LogP contribution is -2.26. The number of rotatable bonds is 5. The van der Waals surface area contributed by atoms with E-state index in [0.717, 1.165) is 12.4 Å². The molecule has 4 nitrogen and oxygen atoms in total. The molecule has 0 bridgehead atoms. The fraction of sp³-hybridized carbons (Fsp3) is 0.600. The summed E-state index contributed by atoms with van der Waals surface area (Å²) in [6, 6.07) is 3.42. The van der Waals surface area contributed by atoms with Crippen molar-refractivity contribution in [2.24, 2.45) is 5.41 Å². The molecule has 104 valence electrons. The van der Waals surface area contributed by atoms with E-state index in [-0.39, 0.29) is 5.97 Å². The first-order chi connectivity index (χ1) is 9.19. The molecule has 1 N–H and O–H groups in total. The van der Waals surface area contributed by atoms with Gasteiger partial charge in [-0.3, -0.25) is 0 Å². The first kappa shape index (κ1) is 13.8. The molecule has 0 saturated heterocycles. The van der Waals surface area contributed by atoms with Gasteiger partial charge in [-0.1, -0.05) is 19.8 Å². The molecule has 1 aromatic rings. The van der Waals surface area contributed by atoms with Gasteiger partial charge in [-0.15, -0.1) is 0 Å². The molecule has 0 unspecified atom stereocenters. The molecule has 1 aromatic heterocycles. The average Bonchev–Trinajstić information content (AvgIpc) is 2.94. The van der Waals surface area contributed by atoms with Crippen molar-refractivity contribution in [2.45, 2.75) is 39.0 Å². The van der Waals surface area contributed by atoms with E-state index in [2.05, 4.69) is 17.2 Å². The number of aromatic nitrogens is 1. The second kappa shape index (κ2) is 6.04. The van der Waals surface area contributed by atoms with Crippen LogP contribution in [0.3, 0.4) is 0 Å². The van der Waals surface area contributed by atoms with Crippen LogP contribution in [-0.4, -0.2) is 24.6 Å². The molecule has 1 aliphatic rings. The van der Waals surface area contributed by atoms with Crippen LogP contribution in [0.5, 0.6) is 0 Å². The van der Waals surface area contributed by atoms with E-state index in [4.69, 9.17) is 4.74 Å². The van der Waals surface area contributed by atoms with E-state index >= 15 is 0 Å². The minimum atomic E-state index is -0.323. The van der Waals surface area contributed by atoms with Crippen LogP contribution in [0.15, 0.2) is 18.3 Å². The Bertz CT molecular complexity index is 440. The molecule has 1 aliphatic carbocycles. The second-order valence-electron chi connectivity index (χ2n) is 5.34. The van der Waals surface area contributed by atoms with Crippen molar-refractivity contribution < 1.29 is 9.53 Å². The number of carbonyl (C=O) groups excluding carboxylic acids is 1. The van der Waals surface area contributed by atoms with Crippen molar-refractivity contribution in [1.29, 1.82) is 0 Å². The van der Waals surface area contributed by atoms with Gasteiger partial charge in [-0.25, -0.2) is 9.78 Å². The zero-order chi connectivity index (χ0) is 13.7. The van der Waals surface area contributed by atoms with Gasteiger partial charge in [0.05, 0.1) is 12.7 Å². The Labute approximate surface area is 114 Å². The number of pyridine rings is 1. The Morgan fingerprint density at radius 1 is 1.47 bits per heavy atom. The van der Waals surface area contributed by atoms with Gasteiger partial charge in [0.1, 0.15) is 5.82 Å². The number of hydrogen-bond donors (Lipinski definition) is 1. The quantitative estimate of drug-likeness (QED) is 0.828. The minimum Gasteiger partial charge on any atom is -0.465 e. The summed E-state index contributed by atoms with van der Waals surface area (Å²) in [5.74, 6) is 0.430. The molecule has 4 heteroatoms. The first-order valence-electron chi connectivity index (χ1n) is 6.97. The number of nitrogens with one attached hydrogen (secondary N) is 1. The van der Waals surface area contributed by atoms with Gasteiger partial charge in [-0.05, 0) is 36.8 Å². The van der Waals surface area contributed by atoms with Crippen molar-refractivity contribution in [1.82, 2.24) is 4.98 Å². The summed E-state index contributed by atoms with van der Waals surface area (Å²) < 4.78 is 4.72. The predicted molar refractivity (Wildman–Crippen MR) is 75.3 cm³/mol. The Morgan fingerprint density at radius 3 is 2.84 bits per heavy atom. The van der Waals surface area contributed by atoms with Crippen LogP contribution in [0.25, 0.3) is 0 Å². The molecule has 0 amide bonds. The average molecular weight is 262 g/mol. The third kappa shape index (κ3) is 3.25. The van der Waals surface area contributed by atoms with Crippen molar-refractivity contribution >= 4 is 11.8 Å². The maximum atomic E-state index is 11.5. The Kier molecular flexibility index (Phi) is 4.40. The van der Waals surface area contributed by atoms with E-state index in [1.807, 2.05) is 0 Å². The van der Waals surface area contributed by atoms with Gasteiger partial charge < -0.3 is 10.1 Å². The summed E-state index contributed by atoms with van der Waals surface area (Å²) in [5, 5.41) is 3.38. The predicted octanol–water partition coefficient (Wildman–Crippen LogP) is 3.25. The van der Waals surface area contributed by atoms with Crippen molar-refractivity contribution in [3.05, 3.63) is 23.9 Å². The van der Waals surface area contributed by atoms with E-state index in [1.165, 1.54) is 39.2 Å². The van der Waals surface area contributed by atoms with Crippen LogP contribution in [0.1, 0.15) is 49.4 Å². The number of carbonyl (C=O) groups is 1. The molecule has 1 fully saturated rings. The lowest BCUT2D eigenvalue weighted by atomic mass is 9.83. The third-order valence-electron chi connectivity index (χ3n) is 4.24. The molecule has 2 rings (SSSR count). The van der Waals surface area contributed by atoms with E-state index < -0.39 is 0 Å². The fourth-order valence-corrected chi connectivity index (χ4v) is 2.83. The SMILES string of the molecule is CCC1(CNc2cc(C(=O)OC)ccn2)CCCC1. The normalized spacial score (nSPS) is 17.2. The highest BCUT2D eigenvalue weighted by Crippen LogP contribution is 2.40. The second-order valence-corrected chi connectivity index (χ2v) is 5.34. The fourth-order valence-electron chi connectivity index (χ4n) is 2.83. The smallest absolute Gasteiger partial charge is 0.338 e. The molecule has 19 heavy (non-hydrogen) atoms. The number of anilines is 1. The zero-order valence-corrected chi connectivity index (χ0v) is 11.7. The monoisotopic (exact) mass is 262 g/mol. The molecule has 1 heterocycles. The highest BCUT2D eigenvalue weighted by Gasteiger charge is 2.31. The van der Waals surface area contributed by atoms with Crippen LogP contribution in [-0.2, 0) is 4.74 Å². The molecule has 0 aromatic carbocycles. The maximum absolute atomic E-state index is 11.5. The zero-order valence-electron chi connectivity index (χ0n) is 11.7. The summed E-state index contributed by atoms with van der Waals surface area (Å²) in [6.45, 7) is 3.19. The Hall–Kier alpha value is -1.58. The van der Waals surface area contributed by atoms with E-state index in [1.54, 1.807) is 18.3 Å². The highest BCUT2D eigenvalue weighted by molar-refractivity contribution is 5.89. The lowest BCUT2D eigenvalue weighted by molar-refractivity contribution is 0.0600. The topological polar surface area (TPSA) is 51.2 Å². The van der Waals surface area contributed by atoms with Crippen LogP contribution in [0, 0.1) is 5.41 Å². The van der Waals surface area contributed by atoms with E-state index in [0.29, 0.717) is 11.0 Å². The summed E-state index contributed by atoms with van der Waals surface area (Å²) in [7, 11) is 1.39. The van der Waals surface area contributed by atoms with Gasteiger partial charge in [0.2, 0.25) is 0 Å². The van der Waals surface area contributed by atoms with Gasteiger partial charge >= 0.3 is 5.97 Å². The highest BCUT2D eigenvalue weighted by atomic mass is 16.5. The molecular weight excluding hydrogens is 240 g/mol. The van der Waals surface area contributed by atoms with Crippen molar-refractivity contribution in [3.63, 3.8) is 0 Å². The molecule has 0 aliphatic heterocycles. The van der Waals surface area contributed by atoms with Crippen LogP contribution in [0.4, 0.5) is 5.82 Å². The molecule has 0 radical (unpaired) electrons. The van der Waals surface area contributed by atoms with Gasteiger partial charge in [0.15, 0.2) is 0 Å². The number of esters is 1. The van der Waals surface area contributed by atoms with Crippen molar-refractivity contribution in [2.75, 3.05) is 19.0 Å². The first-order valence-corrected chi connectivity index (χ1v) is 6.97. The molecular formula is C15H22N2O2. The Morgan fingerprint density at radius 2 is 2.21 bits per heavy atom. The van der Waals surface area contributed by atoms with Crippen LogP contribution >= 0.6 is 0 Å². The summed E-state index contributed by atoms with van der Waals surface area (Å²) in [6.07, 6.45) is 8.05. The largest absolute Gasteiger partial charge is 0.465 e. The maximum Gasteiger partial charge on any atom is 0.338 e. The minimum absolute atomic E-state index is 0.323. The number of hydrogen-bond acceptors (Lipinski definition) is 4. The van der Waals surface area contributed by atoms with Crippen molar-refractivity contribution in [3.8, 4) is 0 Å². The summed E-state index contributed by atoms with van der Waals surface area (Å²) >= 11 is 0. The lowest BCUT2D eigenvalue weighted by Gasteiger charge is -2.27. The summed E-state index contributed by atoms with van der Waals surface area (Å²) in [5.41, 5.74) is 0.945. The number of ether oxygens (including phenoxy) is 1. The number of nitrogens with zero attached hydrogens (tertiary/aromatic N) is 1. The van der Waals surface area contributed by atoms with Gasteiger partial charge in [0.25, 0.3) is 0 Å². The summed E-state index contributed by atoms with van der Waals surface area (Å²) in [4.78, 5) is 15.7. The van der Waals surface area contributed by atoms with Gasteiger partial charge in [-0.2, -0.15) is 0 Å². The van der Waals surface area contributed by atoms with Gasteiger partial charge in [0, 0.05) is 12.7 Å². The molecule has 0 atom stereocenters. The number of methoxy groups -OCH3 is 1. The van der Waals surface area contributed by atoms with Crippen LogP contribution in [0.2, 0.25) is 0 Å². The standard InChI is InChI=1S/C15H22N2O2/c1-3-15(7-4-5-8-15)11-17-13-10-12(6-9-16-13)14(18)19-2/h6,9-10H,3-5,7-8,11H2,1-2H3,(H,16,17). The third-order valence-corrected chi connectivity index (χ3v) is 4.24. The Balaban J connectivity index is 2.01. The molecule has 1 saturated carbocycles. The van der Waals surface area contributed by atoms with E-state index in [9.17, 15) is 4.79 Å². The van der Waals surface area contributed by atoms with Crippen LogP contribution < -0.4 is 5.32 Å².